The first kappa shape index (κ1) is 13.1. The molecule has 3 N–H and O–H groups in total. The number of carbonyl (C=O) groups excluding carboxylic acids is 1. The predicted octanol–water partition coefficient (Wildman–Crippen LogP) is 0.944. The lowest BCUT2D eigenvalue weighted by atomic mass is 9.94. The summed E-state index contributed by atoms with van der Waals surface area (Å²) in [6, 6.07) is 0.213. The normalized spacial score (nSPS) is 24.7. The van der Waals surface area contributed by atoms with E-state index in [9.17, 15) is 4.79 Å². The third-order valence-electron chi connectivity index (χ3n) is 3.71. The summed E-state index contributed by atoms with van der Waals surface area (Å²) in [6.45, 7) is 0.752. The van der Waals surface area contributed by atoms with Crippen LogP contribution in [0.15, 0.2) is 12.4 Å². The minimum absolute atomic E-state index is 0.0239. The third kappa shape index (κ3) is 3.32. The molecule has 5 nitrogen and oxygen atoms in total. The van der Waals surface area contributed by atoms with Gasteiger partial charge in [0.2, 0.25) is 5.91 Å². The molecule has 0 unspecified atom stereocenters. The van der Waals surface area contributed by atoms with E-state index < -0.39 is 0 Å². The Bertz CT molecular complexity index is 401. The summed E-state index contributed by atoms with van der Waals surface area (Å²) < 4.78 is 1.79. The van der Waals surface area contributed by atoms with Gasteiger partial charge in [0.1, 0.15) is 0 Å². The Morgan fingerprint density at radius 1 is 1.50 bits per heavy atom. The minimum atomic E-state index is -0.166. The molecule has 0 radical (unpaired) electrons. The largest absolute Gasteiger partial charge is 0.369 e. The second-order valence-electron chi connectivity index (χ2n) is 5.16. The lowest BCUT2D eigenvalue weighted by Crippen LogP contribution is -2.41. The number of amides is 1. The van der Waals surface area contributed by atoms with Crippen molar-refractivity contribution in [2.24, 2.45) is 18.7 Å². The molecule has 1 aliphatic rings. The molecule has 1 aromatic rings. The van der Waals surface area contributed by atoms with Gasteiger partial charge in [-0.15, -0.1) is 0 Å². The molecule has 0 saturated heterocycles. The fourth-order valence-electron chi connectivity index (χ4n) is 2.70. The van der Waals surface area contributed by atoms with Gasteiger partial charge >= 0.3 is 0 Å². The zero-order chi connectivity index (χ0) is 13.0. The van der Waals surface area contributed by atoms with Crippen molar-refractivity contribution >= 4 is 5.91 Å². The zero-order valence-corrected chi connectivity index (χ0v) is 10.9. The van der Waals surface area contributed by atoms with Crippen molar-refractivity contribution < 1.29 is 4.79 Å². The number of aromatic nitrogens is 2. The minimum Gasteiger partial charge on any atom is -0.369 e. The van der Waals surface area contributed by atoms with Crippen molar-refractivity contribution in [2.45, 2.75) is 44.7 Å². The fraction of sp³-hybridized carbons (Fsp3) is 0.692. The first-order chi connectivity index (χ1) is 8.66. The van der Waals surface area contributed by atoms with Crippen LogP contribution < -0.4 is 11.1 Å². The number of nitrogens with two attached hydrogens (primary N) is 1. The van der Waals surface area contributed by atoms with Gasteiger partial charge in [0.15, 0.2) is 0 Å². The van der Waals surface area contributed by atoms with E-state index in [0.717, 1.165) is 31.4 Å². The van der Waals surface area contributed by atoms with Gasteiger partial charge in [0.25, 0.3) is 0 Å². The summed E-state index contributed by atoms with van der Waals surface area (Å²) in [4.78, 5) is 11.5. The number of rotatable bonds is 4. The maximum absolute atomic E-state index is 11.5. The third-order valence-corrected chi connectivity index (χ3v) is 3.71. The molecule has 0 spiro atoms. The van der Waals surface area contributed by atoms with Crippen LogP contribution >= 0.6 is 0 Å². The number of hydrogen-bond donors (Lipinski definition) is 2. The van der Waals surface area contributed by atoms with Gasteiger partial charge in [0.05, 0.1) is 12.1 Å². The summed E-state index contributed by atoms with van der Waals surface area (Å²) >= 11 is 0. The van der Waals surface area contributed by atoms with Crippen LogP contribution in [-0.2, 0) is 18.4 Å². The number of hydrogen-bond acceptors (Lipinski definition) is 3. The zero-order valence-electron chi connectivity index (χ0n) is 10.9. The van der Waals surface area contributed by atoms with Crippen LogP contribution in [0.2, 0.25) is 0 Å². The number of aryl methyl sites for hydroxylation is 1. The van der Waals surface area contributed by atoms with Crippen LogP contribution in [0.4, 0.5) is 0 Å². The molecule has 0 aromatic carbocycles. The topological polar surface area (TPSA) is 72.9 Å². The van der Waals surface area contributed by atoms with Crippen molar-refractivity contribution in [3.05, 3.63) is 18.0 Å². The van der Waals surface area contributed by atoms with E-state index in [1.54, 1.807) is 4.68 Å². The van der Waals surface area contributed by atoms with Gasteiger partial charge in [-0.05, 0) is 12.8 Å². The van der Waals surface area contributed by atoms with Crippen LogP contribution in [0.5, 0.6) is 0 Å². The predicted molar refractivity (Wildman–Crippen MR) is 69.6 cm³/mol. The summed E-state index contributed by atoms with van der Waals surface area (Å²) in [5.41, 5.74) is 6.65. The summed E-state index contributed by atoms with van der Waals surface area (Å²) in [5, 5.41) is 7.61. The molecule has 0 aliphatic heterocycles. The van der Waals surface area contributed by atoms with E-state index in [1.165, 1.54) is 12.8 Å². The van der Waals surface area contributed by atoms with Gasteiger partial charge in [-0.2, -0.15) is 5.10 Å². The highest BCUT2D eigenvalue weighted by Gasteiger charge is 2.27. The first-order valence-electron chi connectivity index (χ1n) is 6.67. The van der Waals surface area contributed by atoms with Crippen molar-refractivity contribution in [1.29, 1.82) is 0 Å². The molecule has 1 amide bonds. The lowest BCUT2D eigenvalue weighted by Gasteiger charge is -2.23. The van der Waals surface area contributed by atoms with Crippen LogP contribution in [0, 0.1) is 5.92 Å². The molecule has 5 heteroatoms. The molecule has 1 fully saturated rings. The van der Waals surface area contributed by atoms with Gasteiger partial charge in [-0.3, -0.25) is 9.48 Å². The van der Waals surface area contributed by atoms with Crippen LogP contribution in [-0.4, -0.2) is 21.7 Å². The van der Waals surface area contributed by atoms with Gasteiger partial charge in [-0.25, -0.2) is 0 Å². The van der Waals surface area contributed by atoms with E-state index in [1.807, 2.05) is 19.4 Å². The Hall–Kier alpha value is -1.36. The quantitative estimate of drug-likeness (QED) is 0.781. The van der Waals surface area contributed by atoms with Crippen molar-refractivity contribution in [3.8, 4) is 0 Å². The molecule has 1 saturated carbocycles. The average molecular weight is 250 g/mol. The van der Waals surface area contributed by atoms with E-state index in [0.29, 0.717) is 0 Å². The average Bonchev–Trinajstić information content (AvgIpc) is 2.62. The Morgan fingerprint density at radius 3 is 2.94 bits per heavy atom. The number of nitrogens with zero attached hydrogens (tertiary/aromatic N) is 2. The molecule has 0 bridgehead atoms. The standard InChI is InChI=1S/C13H22N4O/c1-17-9-10(8-16-17)7-15-12-6-4-2-3-5-11(12)13(14)18/h8-9,11-12,15H,2-7H2,1H3,(H2,14,18)/t11-,12-/m1/s1. The van der Waals surface area contributed by atoms with Crippen molar-refractivity contribution in [1.82, 2.24) is 15.1 Å². The first-order valence-corrected chi connectivity index (χ1v) is 6.67. The Balaban J connectivity index is 1.94. The van der Waals surface area contributed by atoms with Crippen LogP contribution in [0.25, 0.3) is 0 Å². The molecular formula is C13H22N4O. The Morgan fingerprint density at radius 2 is 2.28 bits per heavy atom. The van der Waals surface area contributed by atoms with E-state index in [4.69, 9.17) is 5.73 Å². The number of carbonyl (C=O) groups is 1. The number of primary amides is 1. The molecule has 1 aromatic heterocycles. The lowest BCUT2D eigenvalue weighted by molar-refractivity contribution is -0.122. The van der Waals surface area contributed by atoms with Crippen LogP contribution in [0.3, 0.4) is 0 Å². The summed E-state index contributed by atoms with van der Waals surface area (Å²) in [7, 11) is 1.90. The molecular weight excluding hydrogens is 228 g/mol. The van der Waals surface area contributed by atoms with Crippen molar-refractivity contribution in [3.63, 3.8) is 0 Å². The summed E-state index contributed by atoms with van der Waals surface area (Å²) in [5.74, 6) is -0.190. The second kappa shape index (κ2) is 6.00. The molecule has 1 aliphatic carbocycles. The van der Waals surface area contributed by atoms with Crippen LogP contribution in [0.1, 0.15) is 37.7 Å². The highest BCUT2D eigenvalue weighted by atomic mass is 16.1. The highest BCUT2D eigenvalue weighted by Crippen LogP contribution is 2.23. The Kier molecular flexibility index (Phi) is 4.36. The maximum Gasteiger partial charge on any atom is 0.222 e. The summed E-state index contributed by atoms with van der Waals surface area (Å²) in [6.07, 6.45) is 9.28. The van der Waals surface area contributed by atoms with Crippen molar-refractivity contribution in [2.75, 3.05) is 0 Å². The van der Waals surface area contributed by atoms with E-state index in [-0.39, 0.29) is 17.9 Å². The molecule has 100 valence electrons. The SMILES string of the molecule is Cn1cc(CN[C@@H]2CCCCC[C@H]2C(N)=O)cn1. The van der Waals surface area contributed by atoms with E-state index >= 15 is 0 Å². The van der Waals surface area contributed by atoms with Gasteiger partial charge < -0.3 is 11.1 Å². The molecule has 1 heterocycles. The van der Waals surface area contributed by atoms with Gasteiger partial charge in [0, 0.05) is 31.4 Å². The highest BCUT2D eigenvalue weighted by molar-refractivity contribution is 5.77. The monoisotopic (exact) mass is 250 g/mol. The maximum atomic E-state index is 11.5. The van der Waals surface area contributed by atoms with Gasteiger partial charge in [-0.1, -0.05) is 19.3 Å². The molecule has 2 atom stereocenters. The van der Waals surface area contributed by atoms with E-state index in [2.05, 4.69) is 10.4 Å². The second-order valence-corrected chi connectivity index (χ2v) is 5.16. The number of nitrogens with one attached hydrogen (secondary N) is 1. The smallest absolute Gasteiger partial charge is 0.222 e. The fourth-order valence-corrected chi connectivity index (χ4v) is 2.70. The Labute approximate surface area is 108 Å². The molecule has 18 heavy (non-hydrogen) atoms. The molecule has 2 rings (SSSR count).